The second-order valence-electron chi connectivity index (χ2n) is 5.72. The molecule has 0 aliphatic heterocycles. The number of halogens is 1. The molecular formula is C13H18BrNS. The van der Waals surface area contributed by atoms with Gasteiger partial charge in [0.2, 0.25) is 0 Å². The molecule has 2 atom stereocenters. The molecule has 88 valence electrons. The lowest BCUT2D eigenvalue weighted by Crippen LogP contribution is -2.23. The van der Waals surface area contributed by atoms with Crippen LogP contribution in [-0.4, -0.2) is 10.3 Å². The fourth-order valence-corrected chi connectivity index (χ4v) is 5.01. The van der Waals surface area contributed by atoms with Gasteiger partial charge in [0.05, 0.1) is 10.7 Å². The van der Waals surface area contributed by atoms with Crippen molar-refractivity contribution in [3.8, 4) is 0 Å². The lowest BCUT2D eigenvalue weighted by molar-refractivity contribution is 0.308. The molecule has 1 aromatic heterocycles. The van der Waals surface area contributed by atoms with Crippen LogP contribution in [0.15, 0.2) is 0 Å². The third-order valence-electron chi connectivity index (χ3n) is 4.34. The molecule has 2 unspecified atom stereocenters. The monoisotopic (exact) mass is 299 g/mol. The molecule has 2 aliphatic rings. The summed E-state index contributed by atoms with van der Waals surface area (Å²) in [5.74, 6) is 2.11. The Kier molecular flexibility index (Phi) is 2.67. The minimum absolute atomic E-state index is 0.532. The van der Waals surface area contributed by atoms with E-state index in [1.807, 2.05) is 11.3 Å². The molecule has 0 bridgehead atoms. The molecule has 0 radical (unpaired) electrons. The number of nitrogens with zero attached hydrogens (tertiary/aromatic N) is 1. The first-order valence-electron chi connectivity index (χ1n) is 6.11. The minimum Gasteiger partial charge on any atom is -0.246 e. The predicted molar refractivity (Wildman–Crippen MR) is 72.4 cm³/mol. The van der Waals surface area contributed by atoms with E-state index < -0.39 is 0 Å². The zero-order valence-electron chi connectivity index (χ0n) is 9.92. The third kappa shape index (κ3) is 1.86. The maximum Gasteiger partial charge on any atom is 0.0936 e. The van der Waals surface area contributed by atoms with Crippen molar-refractivity contribution in [3.05, 3.63) is 15.6 Å². The van der Waals surface area contributed by atoms with E-state index in [-0.39, 0.29) is 0 Å². The Labute approximate surface area is 110 Å². The van der Waals surface area contributed by atoms with Crippen molar-refractivity contribution in [2.45, 2.75) is 39.5 Å². The van der Waals surface area contributed by atoms with Crippen LogP contribution in [0.4, 0.5) is 0 Å². The molecule has 3 rings (SSSR count). The molecule has 2 fully saturated rings. The van der Waals surface area contributed by atoms with Crippen molar-refractivity contribution < 1.29 is 0 Å². The van der Waals surface area contributed by atoms with Crippen LogP contribution in [-0.2, 0) is 6.42 Å². The van der Waals surface area contributed by atoms with Crippen LogP contribution in [0, 0.1) is 31.1 Å². The Morgan fingerprint density at radius 2 is 2.06 bits per heavy atom. The Hall–Kier alpha value is 0.110. The number of fused-ring (bicyclic) bond motifs is 1. The number of thiazole rings is 1. The van der Waals surface area contributed by atoms with Gasteiger partial charge in [-0.1, -0.05) is 15.9 Å². The molecule has 0 spiro atoms. The summed E-state index contributed by atoms with van der Waals surface area (Å²) in [6.07, 6.45) is 5.57. The second kappa shape index (κ2) is 3.81. The van der Waals surface area contributed by atoms with Gasteiger partial charge in [0.15, 0.2) is 0 Å². The Morgan fingerprint density at radius 1 is 1.38 bits per heavy atom. The van der Waals surface area contributed by atoms with Gasteiger partial charge in [-0.05, 0) is 50.4 Å². The van der Waals surface area contributed by atoms with E-state index in [1.54, 1.807) is 0 Å². The van der Waals surface area contributed by atoms with Crippen molar-refractivity contribution in [2.24, 2.45) is 17.3 Å². The van der Waals surface area contributed by atoms with Crippen molar-refractivity contribution in [3.63, 3.8) is 0 Å². The van der Waals surface area contributed by atoms with Crippen LogP contribution >= 0.6 is 27.3 Å². The first kappa shape index (κ1) is 11.2. The highest BCUT2D eigenvalue weighted by molar-refractivity contribution is 9.09. The van der Waals surface area contributed by atoms with E-state index >= 15 is 0 Å². The topological polar surface area (TPSA) is 12.9 Å². The van der Waals surface area contributed by atoms with Crippen molar-refractivity contribution in [1.82, 2.24) is 4.98 Å². The summed E-state index contributed by atoms with van der Waals surface area (Å²) in [4.78, 5) is 6.10. The summed E-state index contributed by atoms with van der Waals surface area (Å²) in [5.41, 5.74) is 1.76. The smallest absolute Gasteiger partial charge is 0.0936 e. The molecular weight excluding hydrogens is 282 g/mol. The summed E-state index contributed by atoms with van der Waals surface area (Å²) >= 11 is 5.64. The molecule has 1 nitrogen and oxygen atoms in total. The largest absolute Gasteiger partial charge is 0.246 e. The number of hydrogen-bond donors (Lipinski definition) is 0. The van der Waals surface area contributed by atoms with Gasteiger partial charge in [0.1, 0.15) is 0 Å². The van der Waals surface area contributed by atoms with Crippen LogP contribution in [0.5, 0.6) is 0 Å². The molecule has 0 N–H and O–H groups in total. The maximum absolute atomic E-state index is 4.70. The van der Waals surface area contributed by atoms with E-state index in [2.05, 4.69) is 29.8 Å². The number of alkyl halides is 1. The van der Waals surface area contributed by atoms with Crippen molar-refractivity contribution in [1.29, 1.82) is 0 Å². The normalized spacial score (nSPS) is 36.4. The molecule has 0 aromatic carbocycles. The standard InChI is InChI=1S/C13H18BrNS/c1-8-9(2)16-12(15-8)6-13(7-14)4-10-3-11(10)5-13/h10-11H,3-7H2,1-2H3. The molecule has 16 heavy (non-hydrogen) atoms. The summed E-state index contributed by atoms with van der Waals surface area (Å²) in [6, 6.07) is 0. The minimum atomic E-state index is 0.532. The third-order valence-corrected chi connectivity index (χ3v) is 6.60. The summed E-state index contributed by atoms with van der Waals surface area (Å²) in [6.45, 7) is 4.31. The van der Waals surface area contributed by atoms with Gasteiger partial charge in [-0.2, -0.15) is 0 Å². The lowest BCUT2D eigenvalue weighted by Gasteiger charge is -2.27. The van der Waals surface area contributed by atoms with Crippen molar-refractivity contribution >= 4 is 27.3 Å². The van der Waals surface area contributed by atoms with Crippen LogP contribution in [0.1, 0.15) is 34.8 Å². The first-order valence-corrected chi connectivity index (χ1v) is 8.04. The SMILES string of the molecule is Cc1nc(CC2(CBr)CC3CC3C2)sc1C. The summed E-state index contributed by atoms with van der Waals surface area (Å²) < 4.78 is 0. The van der Waals surface area contributed by atoms with E-state index in [1.165, 1.54) is 41.3 Å². The summed E-state index contributed by atoms with van der Waals surface area (Å²) in [5, 5.41) is 2.51. The van der Waals surface area contributed by atoms with Crippen LogP contribution in [0.25, 0.3) is 0 Å². The molecule has 2 aliphatic carbocycles. The van der Waals surface area contributed by atoms with Gasteiger partial charge >= 0.3 is 0 Å². The zero-order valence-corrected chi connectivity index (χ0v) is 12.3. The van der Waals surface area contributed by atoms with E-state index in [0.29, 0.717) is 5.41 Å². The Balaban J connectivity index is 1.77. The second-order valence-corrected chi connectivity index (χ2v) is 7.57. The summed E-state index contributed by atoms with van der Waals surface area (Å²) in [7, 11) is 0. The Bertz CT molecular complexity index is 383. The highest BCUT2D eigenvalue weighted by Crippen LogP contribution is 2.61. The first-order chi connectivity index (χ1) is 7.62. The average Bonchev–Trinajstić information content (AvgIpc) is 2.73. The zero-order chi connectivity index (χ0) is 11.3. The van der Waals surface area contributed by atoms with E-state index in [9.17, 15) is 0 Å². The molecule has 1 heterocycles. The fraction of sp³-hybridized carbons (Fsp3) is 0.769. The molecule has 0 amide bonds. The van der Waals surface area contributed by atoms with E-state index in [0.717, 1.165) is 17.2 Å². The molecule has 3 heteroatoms. The van der Waals surface area contributed by atoms with Gasteiger partial charge in [-0.3, -0.25) is 0 Å². The van der Waals surface area contributed by atoms with Gasteiger partial charge < -0.3 is 0 Å². The van der Waals surface area contributed by atoms with Gasteiger partial charge in [0.25, 0.3) is 0 Å². The Morgan fingerprint density at radius 3 is 2.56 bits per heavy atom. The average molecular weight is 300 g/mol. The van der Waals surface area contributed by atoms with Crippen LogP contribution in [0.2, 0.25) is 0 Å². The van der Waals surface area contributed by atoms with Gasteiger partial charge in [-0.25, -0.2) is 4.98 Å². The number of hydrogen-bond acceptors (Lipinski definition) is 2. The predicted octanol–water partition coefficient (Wildman–Crippen LogP) is 4.11. The number of aryl methyl sites for hydroxylation is 2. The van der Waals surface area contributed by atoms with Gasteiger partial charge in [-0.15, -0.1) is 11.3 Å². The highest BCUT2D eigenvalue weighted by atomic mass is 79.9. The van der Waals surface area contributed by atoms with Crippen LogP contribution in [0.3, 0.4) is 0 Å². The maximum atomic E-state index is 4.70. The molecule has 2 saturated carbocycles. The van der Waals surface area contributed by atoms with Gasteiger partial charge in [0, 0.05) is 16.6 Å². The molecule has 0 saturated heterocycles. The highest BCUT2D eigenvalue weighted by Gasteiger charge is 2.53. The molecule has 1 aromatic rings. The van der Waals surface area contributed by atoms with Crippen molar-refractivity contribution in [2.75, 3.05) is 5.33 Å². The number of aromatic nitrogens is 1. The lowest BCUT2D eigenvalue weighted by atomic mass is 9.82. The number of rotatable bonds is 3. The fourth-order valence-electron chi connectivity index (χ4n) is 3.24. The van der Waals surface area contributed by atoms with E-state index in [4.69, 9.17) is 4.98 Å². The quantitative estimate of drug-likeness (QED) is 0.765. The van der Waals surface area contributed by atoms with Crippen LogP contribution < -0.4 is 0 Å².